The second kappa shape index (κ2) is 8.29. The molecule has 0 aliphatic carbocycles. The quantitative estimate of drug-likeness (QED) is 0.503. The molecule has 0 amide bonds. The van der Waals surface area contributed by atoms with E-state index in [-0.39, 0.29) is 29.6 Å². The fourth-order valence-electron chi connectivity index (χ4n) is 0.600. The molecule has 0 spiro atoms. The Hall–Kier alpha value is -1.32. The molecule has 0 bridgehead atoms. The molecule has 0 unspecified atom stereocenters. The average Bonchev–Trinajstić information content (AvgIpc) is 2.01. The van der Waals surface area contributed by atoms with Gasteiger partial charge in [0.15, 0.2) is 11.6 Å². The Morgan fingerprint density at radius 2 is 1.21 bits per heavy atom. The van der Waals surface area contributed by atoms with Crippen LogP contribution in [0.25, 0.3) is 0 Å². The first kappa shape index (κ1) is 15.2. The maximum absolute atomic E-state index is 10.2. The first-order valence-electron chi connectivity index (χ1n) is 4.33. The Morgan fingerprint density at radius 1 is 0.857 bits per heavy atom. The minimum atomic E-state index is -0.345. The van der Waals surface area contributed by atoms with Gasteiger partial charge in [0.1, 0.15) is 11.6 Å². The average molecular weight is 200 g/mol. The lowest BCUT2D eigenvalue weighted by atomic mass is 10.2. The molecule has 0 aliphatic heterocycles. The smallest absolute Gasteiger partial charge is 0.197 e. The van der Waals surface area contributed by atoms with Gasteiger partial charge in [0, 0.05) is 13.3 Å². The summed E-state index contributed by atoms with van der Waals surface area (Å²) >= 11 is 0. The number of carbonyl (C=O) groups is 4. The zero-order chi connectivity index (χ0) is 11.7. The predicted octanol–water partition coefficient (Wildman–Crippen LogP) is 1.11. The van der Waals surface area contributed by atoms with E-state index in [2.05, 4.69) is 0 Å². The van der Waals surface area contributed by atoms with E-state index in [9.17, 15) is 19.2 Å². The highest BCUT2D eigenvalue weighted by Gasteiger charge is 2.00. The molecule has 4 nitrogen and oxygen atoms in total. The van der Waals surface area contributed by atoms with Crippen LogP contribution in [0.15, 0.2) is 0 Å². The molecule has 0 saturated carbocycles. The van der Waals surface area contributed by atoms with Crippen molar-refractivity contribution in [2.24, 2.45) is 0 Å². The second-order valence-corrected chi connectivity index (χ2v) is 2.91. The van der Waals surface area contributed by atoms with E-state index in [0.29, 0.717) is 6.42 Å². The molecule has 0 radical (unpaired) electrons. The van der Waals surface area contributed by atoms with E-state index in [1.807, 2.05) is 0 Å². The van der Waals surface area contributed by atoms with E-state index in [1.54, 1.807) is 6.92 Å². The highest BCUT2D eigenvalue weighted by atomic mass is 16.2. The van der Waals surface area contributed by atoms with Crippen LogP contribution in [0.2, 0.25) is 0 Å². The summed E-state index contributed by atoms with van der Waals surface area (Å²) in [6.07, 6.45) is 0.412. The van der Waals surface area contributed by atoms with Gasteiger partial charge in [0.25, 0.3) is 0 Å². The van der Waals surface area contributed by atoms with Gasteiger partial charge in [-0.2, -0.15) is 0 Å². The number of hydrogen-bond donors (Lipinski definition) is 0. The predicted molar refractivity (Wildman–Crippen MR) is 52.0 cm³/mol. The van der Waals surface area contributed by atoms with Crippen molar-refractivity contribution in [3.05, 3.63) is 0 Å². The molecule has 0 rings (SSSR count). The Kier molecular flexibility index (Phi) is 8.98. The lowest BCUT2D eigenvalue weighted by Crippen LogP contribution is -2.06. The highest BCUT2D eigenvalue weighted by molar-refractivity contribution is 6.36. The van der Waals surface area contributed by atoms with Crippen LogP contribution in [0.4, 0.5) is 0 Å². The first-order chi connectivity index (χ1) is 6.31. The summed E-state index contributed by atoms with van der Waals surface area (Å²) in [6, 6.07) is 0. The monoisotopic (exact) mass is 200 g/mol. The largest absolute Gasteiger partial charge is 0.300 e. The number of Topliss-reactive ketones (excluding diaryl/α,β-unsaturated/α-hetero) is 4. The van der Waals surface area contributed by atoms with Gasteiger partial charge in [-0.1, -0.05) is 6.92 Å². The van der Waals surface area contributed by atoms with E-state index >= 15 is 0 Å². The van der Waals surface area contributed by atoms with Crippen LogP contribution < -0.4 is 0 Å². The molecule has 0 aromatic carbocycles. The van der Waals surface area contributed by atoms with Gasteiger partial charge in [-0.3, -0.25) is 19.2 Å². The Labute approximate surface area is 83.7 Å². The van der Waals surface area contributed by atoms with Crippen molar-refractivity contribution in [3.8, 4) is 0 Å². The second-order valence-electron chi connectivity index (χ2n) is 2.91. The molecular formula is C10H16O4. The third-order valence-electron chi connectivity index (χ3n) is 1.21. The van der Waals surface area contributed by atoms with Crippen LogP contribution in [-0.4, -0.2) is 23.1 Å². The van der Waals surface area contributed by atoms with Crippen molar-refractivity contribution in [1.82, 2.24) is 0 Å². The summed E-state index contributed by atoms with van der Waals surface area (Å²) in [6.45, 7) is 5.76. The normalized spacial score (nSPS) is 8.29. The lowest BCUT2D eigenvalue weighted by Gasteiger charge is -1.81. The molecule has 4 heteroatoms. The van der Waals surface area contributed by atoms with Gasteiger partial charge in [0.2, 0.25) is 0 Å². The Morgan fingerprint density at radius 3 is 1.21 bits per heavy atom. The molecule has 0 atom stereocenters. The minimum Gasteiger partial charge on any atom is -0.300 e. The van der Waals surface area contributed by atoms with Crippen LogP contribution in [-0.2, 0) is 19.2 Å². The van der Waals surface area contributed by atoms with Crippen LogP contribution in [0, 0.1) is 0 Å². The van der Waals surface area contributed by atoms with Crippen molar-refractivity contribution in [2.45, 2.75) is 40.5 Å². The van der Waals surface area contributed by atoms with E-state index < -0.39 is 0 Å². The van der Waals surface area contributed by atoms with Crippen LogP contribution >= 0.6 is 0 Å². The molecule has 0 aromatic heterocycles. The Bertz CT molecular complexity index is 229. The third-order valence-corrected chi connectivity index (χ3v) is 1.21. The molecule has 0 N–H and O–H groups in total. The van der Waals surface area contributed by atoms with Gasteiger partial charge >= 0.3 is 0 Å². The standard InChI is InChI=1S/2C5H8O2/c1-4(6)3-5(2)7;1-3-5(7)4(2)6/h2*3H2,1-2H3. The number of hydrogen-bond acceptors (Lipinski definition) is 4. The lowest BCUT2D eigenvalue weighted by molar-refractivity contribution is -0.135. The van der Waals surface area contributed by atoms with Crippen molar-refractivity contribution < 1.29 is 19.2 Å². The van der Waals surface area contributed by atoms with Crippen molar-refractivity contribution in [3.63, 3.8) is 0 Å². The summed E-state index contributed by atoms with van der Waals surface area (Å²) in [5.41, 5.74) is 0. The first-order valence-corrected chi connectivity index (χ1v) is 4.33. The molecule has 0 heterocycles. The van der Waals surface area contributed by atoms with E-state index in [0.717, 1.165) is 0 Å². The topological polar surface area (TPSA) is 68.3 Å². The van der Waals surface area contributed by atoms with Gasteiger partial charge in [-0.25, -0.2) is 0 Å². The summed E-state index contributed by atoms with van der Waals surface area (Å²) in [7, 11) is 0. The fourth-order valence-corrected chi connectivity index (χ4v) is 0.600. The number of ketones is 4. The number of rotatable bonds is 4. The maximum Gasteiger partial charge on any atom is 0.197 e. The van der Waals surface area contributed by atoms with Crippen LogP contribution in [0.1, 0.15) is 40.5 Å². The van der Waals surface area contributed by atoms with Crippen LogP contribution in [0.5, 0.6) is 0 Å². The van der Waals surface area contributed by atoms with Gasteiger partial charge in [-0.15, -0.1) is 0 Å². The van der Waals surface area contributed by atoms with Gasteiger partial charge < -0.3 is 0 Å². The summed E-state index contributed by atoms with van der Waals surface area (Å²) in [4.78, 5) is 40.3. The molecule has 80 valence electrons. The fraction of sp³-hybridized carbons (Fsp3) is 0.600. The molecule has 0 fully saturated rings. The molecule has 0 aliphatic rings. The third kappa shape index (κ3) is 13.3. The molecular weight excluding hydrogens is 184 g/mol. The summed E-state index contributed by atoms with van der Waals surface area (Å²) in [5.74, 6) is -0.762. The zero-order valence-corrected chi connectivity index (χ0v) is 9.05. The maximum atomic E-state index is 10.2. The molecule has 0 aromatic rings. The van der Waals surface area contributed by atoms with E-state index in [4.69, 9.17) is 0 Å². The minimum absolute atomic E-state index is 0.0625. The zero-order valence-electron chi connectivity index (χ0n) is 9.05. The van der Waals surface area contributed by atoms with Crippen molar-refractivity contribution >= 4 is 23.1 Å². The summed E-state index contributed by atoms with van der Waals surface area (Å²) in [5, 5.41) is 0. The molecule has 0 saturated heterocycles. The highest BCUT2D eigenvalue weighted by Crippen LogP contribution is 1.80. The van der Waals surface area contributed by atoms with Gasteiger partial charge in [0.05, 0.1) is 6.42 Å². The SMILES string of the molecule is CC(=O)CC(C)=O.CCC(=O)C(C)=O. The van der Waals surface area contributed by atoms with Gasteiger partial charge in [-0.05, 0) is 13.8 Å². The van der Waals surface area contributed by atoms with Crippen molar-refractivity contribution in [2.75, 3.05) is 0 Å². The van der Waals surface area contributed by atoms with Crippen LogP contribution in [0.3, 0.4) is 0 Å². The van der Waals surface area contributed by atoms with Crippen molar-refractivity contribution in [1.29, 1.82) is 0 Å². The molecule has 14 heavy (non-hydrogen) atoms. The van der Waals surface area contributed by atoms with E-state index in [1.165, 1.54) is 20.8 Å². The summed E-state index contributed by atoms with van der Waals surface area (Å²) < 4.78 is 0. The number of carbonyl (C=O) groups excluding carboxylic acids is 4. The Balaban J connectivity index is 0.